The Morgan fingerprint density at radius 1 is 1.18 bits per heavy atom. The van der Waals surface area contributed by atoms with Crippen molar-refractivity contribution in [2.24, 2.45) is 0 Å². The molecule has 0 spiro atoms. The van der Waals surface area contributed by atoms with E-state index in [1.165, 1.54) is 0 Å². The first-order valence-electron chi connectivity index (χ1n) is 9.37. The van der Waals surface area contributed by atoms with E-state index >= 15 is 0 Å². The number of benzene rings is 2. The Morgan fingerprint density at radius 2 is 2.04 bits per heavy atom. The van der Waals surface area contributed by atoms with Gasteiger partial charge in [0.25, 0.3) is 0 Å². The number of rotatable bonds is 4. The molecule has 28 heavy (non-hydrogen) atoms. The molecule has 1 fully saturated rings. The smallest absolute Gasteiger partial charge is 0.232 e. The predicted octanol–water partition coefficient (Wildman–Crippen LogP) is 3.63. The summed E-state index contributed by atoms with van der Waals surface area (Å²) in [5.74, 6) is 0.994. The molecule has 1 aliphatic heterocycles. The van der Waals surface area contributed by atoms with Crippen molar-refractivity contribution in [2.75, 3.05) is 11.4 Å². The van der Waals surface area contributed by atoms with E-state index in [-0.39, 0.29) is 11.8 Å². The highest BCUT2D eigenvalue weighted by Crippen LogP contribution is 2.32. The van der Waals surface area contributed by atoms with Gasteiger partial charge < -0.3 is 14.0 Å². The van der Waals surface area contributed by atoms with Crippen molar-refractivity contribution in [3.8, 4) is 11.4 Å². The minimum absolute atomic E-state index is 0.0717. The second-order valence-electron chi connectivity index (χ2n) is 6.93. The molecule has 7 heteroatoms. The summed E-state index contributed by atoms with van der Waals surface area (Å²) in [7, 11) is 0. The lowest BCUT2D eigenvalue weighted by atomic mass is 10.1. The molecular weight excluding hydrogens is 354 g/mol. The van der Waals surface area contributed by atoms with Crippen molar-refractivity contribution in [1.29, 1.82) is 0 Å². The van der Waals surface area contributed by atoms with Crippen LogP contribution in [0.2, 0.25) is 0 Å². The van der Waals surface area contributed by atoms with Gasteiger partial charge in [-0.2, -0.15) is 4.98 Å². The SMILES string of the molecule is CCn1cnc2cc(-c3noc([C@H]4CC(=O)N(c5ccccc5)C4)n3)ccc21. The number of anilines is 1. The lowest BCUT2D eigenvalue weighted by molar-refractivity contribution is -0.117. The highest BCUT2D eigenvalue weighted by molar-refractivity contribution is 5.96. The molecule has 2 aromatic carbocycles. The molecule has 0 N–H and O–H groups in total. The summed E-state index contributed by atoms with van der Waals surface area (Å²) >= 11 is 0. The van der Waals surface area contributed by atoms with Crippen LogP contribution in [0.5, 0.6) is 0 Å². The van der Waals surface area contributed by atoms with Gasteiger partial charge in [-0.25, -0.2) is 4.98 Å². The number of aromatic nitrogens is 4. The van der Waals surface area contributed by atoms with Gasteiger partial charge in [0.15, 0.2) is 0 Å². The van der Waals surface area contributed by atoms with Crippen molar-refractivity contribution < 1.29 is 9.32 Å². The standard InChI is InChI=1S/C21H19N5O2/c1-2-25-13-22-17-10-14(8-9-18(17)25)20-23-21(28-24-20)15-11-19(27)26(12-15)16-6-4-3-5-7-16/h3-10,13,15H,2,11-12H2,1H3/t15-/m0/s1. The largest absolute Gasteiger partial charge is 0.339 e. The normalized spacial score (nSPS) is 17.0. The zero-order valence-corrected chi connectivity index (χ0v) is 15.4. The molecule has 0 saturated carbocycles. The summed E-state index contributed by atoms with van der Waals surface area (Å²) in [6, 6.07) is 15.6. The molecule has 1 saturated heterocycles. The van der Waals surface area contributed by atoms with Crippen LogP contribution >= 0.6 is 0 Å². The summed E-state index contributed by atoms with van der Waals surface area (Å²) in [5.41, 5.74) is 3.73. The van der Waals surface area contributed by atoms with Crippen LogP contribution in [0.15, 0.2) is 59.4 Å². The number of amides is 1. The second-order valence-corrected chi connectivity index (χ2v) is 6.93. The monoisotopic (exact) mass is 373 g/mol. The third-order valence-corrected chi connectivity index (χ3v) is 5.20. The minimum atomic E-state index is -0.100. The molecule has 2 aromatic heterocycles. The number of carbonyl (C=O) groups is 1. The second kappa shape index (κ2) is 6.60. The zero-order valence-electron chi connectivity index (χ0n) is 15.4. The van der Waals surface area contributed by atoms with Crippen LogP contribution in [0.25, 0.3) is 22.4 Å². The summed E-state index contributed by atoms with van der Waals surface area (Å²) in [5, 5.41) is 4.14. The maximum atomic E-state index is 12.4. The van der Waals surface area contributed by atoms with Crippen molar-refractivity contribution in [3.63, 3.8) is 0 Å². The number of nitrogens with zero attached hydrogens (tertiary/aromatic N) is 5. The van der Waals surface area contributed by atoms with Gasteiger partial charge >= 0.3 is 0 Å². The maximum absolute atomic E-state index is 12.4. The highest BCUT2D eigenvalue weighted by atomic mass is 16.5. The Bertz CT molecular complexity index is 1150. The fourth-order valence-corrected chi connectivity index (χ4v) is 3.70. The molecule has 1 atom stereocenters. The molecule has 0 bridgehead atoms. The summed E-state index contributed by atoms with van der Waals surface area (Å²) in [4.78, 5) is 23.2. The highest BCUT2D eigenvalue weighted by Gasteiger charge is 2.35. The topological polar surface area (TPSA) is 77.0 Å². The molecule has 0 unspecified atom stereocenters. The van der Waals surface area contributed by atoms with Crippen LogP contribution in [0.3, 0.4) is 0 Å². The van der Waals surface area contributed by atoms with E-state index in [1.54, 1.807) is 4.90 Å². The molecular formula is C21H19N5O2. The van der Waals surface area contributed by atoms with Gasteiger partial charge in [-0.15, -0.1) is 0 Å². The third kappa shape index (κ3) is 2.76. The average Bonchev–Trinajstić information content (AvgIpc) is 3.46. The Kier molecular flexibility index (Phi) is 3.93. The van der Waals surface area contributed by atoms with E-state index in [2.05, 4.69) is 26.6 Å². The van der Waals surface area contributed by atoms with Crippen LogP contribution in [-0.2, 0) is 11.3 Å². The number of hydrogen-bond donors (Lipinski definition) is 0. The molecule has 1 amide bonds. The van der Waals surface area contributed by atoms with Crippen LogP contribution in [0.1, 0.15) is 25.2 Å². The fourth-order valence-electron chi connectivity index (χ4n) is 3.70. The van der Waals surface area contributed by atoms with Gasteiger partial charge in [0.1, 0.15) is 0 Å². The van der Waals surface area contributed by atoms with Crippen molar-refractivity contribution >= 4 is 22.6 Å². The lowest BCUT2D eigenvalue weighted by Crippen LogP contribution is -2.24. The quantitative estimate of drug-likeness (QED) is 0.546. The van der Waals surface area contributed by atoms with E-state index in [4.69, 9.17) is 4.52 Å². The third-order valence-electron chi connectivity index (χ3n) is 5.20. The van der Waals surface area contributed by atoms with Gasteiger partial charge in [0, 0.05) is 30.8 Å². The van der Waals surface area contributed by atoms with Crippen molar-refractivity contribution in [3.05, 3.63) is 60.7 Å². The van der Waals surface area contributed by atoms with E-state index in [0.717, 1.165) is 28.8 Å². The average molecular weight is 373 g/mol. The number of imidazole rings is 1. The van der Waals surface area contributed by atoms with Crippen LogP contribution < -0.4 is 4.90 Å². The fraction of sp³-hybridized carbons (Fsp3) is 0.238. The molecule has 4 aromatic rings. The first kappa shape index (κ1) is 16.7. The molecule has 140 valence electrons. The van der Waals surface area contributed by atoms with E-state index < -0.39 is 0 Å². The number of fused-ring (bicyclic) bond motifs is 1. The molecule has 0 radical (unpaired) electrons. The van der Waals surface area contributed by atoms with Crippen LogP contribution in [-0.4, -0.2) is 32.1 Å². The van der Waals surface area contributed by atoms with E-state index in [0.29, 0.717) is 24.7 Å². The Labute approximate surface area is 161 Å². The van der Waals surface area contributed by atoms with Crippen LogP contribution in [0, 0.1) is 0 Å². The molecule has 5 rings (SSSR count). The van der Waals surface area contributed by atoms with Gasteiger partial charge in [-0.3, -0.25) is 4.79 Å². The first-order chi connectivity index (χ1) is 13.7. The van der Waals surface area contributed by atoms with Gasteiger partial charge in [0.2, 0.25) is 17.6 Å². The predicted molar refractivity (Wildman–Crippen MR) is 105 cm³/mol. The van der Waals surface area contributed by atoms with Gasteiger partial charge in [-0.05, 0) is 37.3 Å². The van der Waals surface area contributed by atoms with E-state index in [9.17, 15) is 4.79 Å². The number of carbonyl (C=O) groups excluding carboxylic acids is 1. The molecule has 1 aliphatic rings. The van der Waals surface area contributed by atoms with Gasteiger partial charge in [-0.1, -0.05) is 23.4 Å². The maximum Gasteiger partial charge on any atom is 0.232 e. The minimum Gasteiger partial charge on any atom is -0.339 e. The lowest BCUT2D eigenvalue weighted by Gasteiger charge is -2.15. The zero-order chi connectivity index (χ0) is 19.1. The Morgan fingerprint density at radius 3 is 2.86 bits per heavy atom. The number of hydrogen-bond acceptors (Lipinski definition) is 5. The number of aryl methyl sites for hydroxylation is 1. The van der Waals surface area contributed by atoms with Crippen LogP contribution in [0.4, 0.5) is 5.69 Å². The molecule has 0 aliphatic carbocycles. The summed E-state index contributed by atoms with van der Waals surface area (Å²) in [6.45, 7) is 3.50. The first-order valence-corrected chi connectivity index (χ1v) is 9.37. The van der Waals surface area contributed by atoms with E-state index in [1.807, 2.05) is 54.9 Å². The molecule has 3 heterocycles. The summed E-state index contributed by atoms with van der Waals surface area (Å²) in [6.07, 6.45) is 2.20. The number of para-hydroxylation sites is 1. The van der Waals surface area contributed by atoms with Gasteiger partial charge in [0.05, 0.1) is 23.3 Å². The van der Waals surface area contributed by atoms with Crippen molar-refractivity contribution in [2.45, 2.75) is 25.8 Å². The Balaban J connectivity index is 1.40. The van der Waals surface area contributed by atoms with Crippen molar-refractivity contribution in [1.82, 2.24) is 19.7 Å². The summed E-state index contributed by atoms with van der Waals surface area (Å²) < 4.78 is 7.59. The molecule has 7 nitrogen and oxygen atoms in total. The Hall–Kier alpha value is -3.48.